The first-order valence-corrected chi connectivity index (χ1v) is 10.1. The van der Waals surface area contributed by atoms with Crippen LogP contribution in [0.3, 0.4) is 0 Å². The Labute approximate surface area is 168 Å². The first-order chi connectivity index (χ1) is 13.3. The van der Waals surface area contributed by atoms with Gasteiger partial charge in [-0.15, -0.1) is 11.3 Å². The molecule has 0 spiro atoms. The van der Waals surface area contributed by atoms with Crippen molar-refractivity contribution < 1.29 is 4.79 Å². The molecule has 6 nitrogen and oxygen atoms in total. The van der Waals surface area contributed by atoms with Crippen molar-refractivity contribution in [3.63, 3.8) is 0 Å². The van der Waals surface area contributed by atoms with E-state index < -0.39 is 0 Å². The Hall–Kier alpha value is -2.67. The van der Waals surface area contributed by atoms with Crippen molar-refractivity contribution in [3.8, 4) is 11.5 Å². The predicted molar refractivity (Wildman–Crippen MR) is 109 cm³/mol. The molecular formula is C21H23N5OS. The topological polar surface area (TPSA) is 80.7 Å². The van der Waals surface area contributed by atoms with Crippen molar-refractivity contribution in [1.82, 2.24) is 25.3 Å². The van der Waals surface area contributed by atoms with E-state index in [2.05, 4.69) is 34.1 Å². The van der Waals surface area contributed by atoms with E-state index in [1.807, 2.05) is 26.1 Å². The molecule has 1 amide bonds. The van der Waals surface area contributed by atoms with Crippen LogP contribution in [0.4, 0.5) is 0 Å². The van der Waals surface area contributed by atoms with Crippen molar-refractivity contribution in [2.45, 2.75) is 46.6 Å². The van der Waals surface area contributed by atoms with Gasteiger partial charge in [0.1, 0.15) is 5.69 Å². The molecule has 144 valence electrons. The number of nitrogens with one attached hydrogen (secondary N) is 1. The van der Waals surface area contributed by atoms with Gasteiger partial charge in [-0.05, 0) is 43.7 Å². The molecule has 0 bridgehead atoms. The van der Waals surface area contributed by atoms with Gasteiger partial charge in [0.2, 0.25) is 0 Å². The van der Waals surface area contributed by atoms with Gasteiger partial charge in [-0.2, -0.15) is 0 Å². The molecular weight excluding hydrogens is 370 g/mol. The second-order valence-electron chi connectivity index (χ2n) is 8.11. The highest BCUT2D eigenvalue weighted by molar-refractivity contribution is 7.14. The standard InChI is InChI=1S/C21H23N5OS/c1-12-7-18(28-13(12)2)20(27)26-16-9-21(3,4)8-15-14(16)10-24-19(25-15)17-11-22-5-6-23-17/h5-7,10-11,16H,8-9H2,1-4H3,(H,26,27). The number of carbonyl (C=O) groups excluding carboxylic acids is 1. The van der Waals surface area contributed by atoms with Gasteiger partial charge in [-0.3, -0.25) is 9.78 Å². The molecule has 28 heavy (non-hydrogen) atoms. The van der Waals surface area contributed by atoms with Crippen molar-refractivity contribution in [2.24, 2.45) is 5.41 Å². The van der Waals surface area contributed by atoms with Crippen LogP contribution in [0.25, 0.3) is 11.5 Å². The predicted octanol–water partition coefficient (Wildman–Crippen LogP) is 4.06. The third kappa shape index (κ3) is 3.67. The number of fused-ring (bicyclic) bond motifs is 1. The lowest BCUT2D eigenvalue weighted by Gasteiger charge is -2.36. The minimum Gasteiger partial charge on any atom is -0.344 e. The van der Waals surface area contributed by atoms with Crippen LogP contribution in [0.5, 0.6) is 0 Å². The average Bonchev–Trinajstić information content (AvgIpc) is 3.00. The van der Waals surface area contributed by atoms with E-state index in [-0.39, 0.29) is 17.4 Å². The second kappa shape index (κ2) is 7.05. The van der Waals surface area contributed by atoms with Gasteiger partial charge in [0.05, 0.1) is 22.8 Å². The maximum Gasteiger partial charge on any atom is 0.261 e. The van der Waals surface area contributed by atoms with Crippen LogP contribution in [0.1, 0.15) is 57.7 Å². The van der Waals surface area contributed by atoms with Gasteiger partial charge in [0.15, 0.2) is 5.82 Å². The monoisotopic (exact) mass is 393 g/mol. The number of amides is 1. The van der Waals surface area contributed by atoms with Crippen LogP contribution >= 0.6 is 11.3 Å². The van der Waals surface area contributed by atoms with Crippen molar-refractivity contribution in [2.75, 3.05) is 0 Å². The minimum atomic E-state index is -0.107. The Balaban J connectivity index is 1.65. The van der Waals surface area contributed by atoms with Crippen molar-refractivity contribution in [3.05, 3.63) is 57.4 Å². The van der Waals surface area contributed by atoms with Gasteiger partial charge < -0.3 is 5.32 Å². The molecule has 4 rings (SSSR count). The average molecular weight is 394 g/mol. The molecule has 0 radical (unpaired) electrons. The zero-order valence-corrected chi connectivity index (χ0v) is 17.3. The molecule has 0 saturated carbocycles. The fraction of sp³-hybridized carbons (Fsp3) is 0.381. The number of aromatic nitrogens is 4. The normalized spacial score (nSPS) is 17.8. The highest BCUT2D eigenvalue weighted by atomic mass is 32.1. The van der Waals surface area contributed by atoms with E-state index in [4.69, 9.17) is 4.98 Å². The molecule has 1 N–H and O–H groups in total. The molecule has 0 aromatic carbocycles. The van der Waals surface area contributed by atoms with Gasteiger partial charge >= 0.3 is 0 Å². The highest BCUT2D eigenvalue weighted by Gasteiger charge is 2.35. The summed E-state index contributed by atoms with van der Waals surface area (Å²) in [6.07, 6.45) is 8.44. The first-order valence-electron chi connectivity index (χ1n) is 9.32. The Morgan fingerprint density at radius 3 is 2.71 bits per heavy atom. The molecule has 3 aromatic heterocycles. The van der Waals surface area contributed by atoms with E-state index in [0.29, 0.717) is 11.5 Å². The lowest BCUT2D eigenvalue weighted by molar-refractivity contribution is 0.0923. The lowest BCUT2D eigenvalue weighted by Crippen LogP contribution is -2.37. The van der Waals surface area contributed by atoms with E-state index >= 15 is 0 Å². The number of carbonyl (C=O) groups is 1. The summed E-state index contributed by atoms with van der Waals surface area (Å²) >= 11 is 1.53. The summed E-state index contributed by atoms with van der Waals surface area (Å²) < 4.78 is 0. The van der Waals surface area contributed by atoms with Gasteiger partial charge in [-0.1, -0.05) is 13.8 Å². The summed E-state index contributed by atoms with van der Waals surface area (Å²) in [5.74, 6) is 0.534. The fourth-order valence-electron chi connectivity index (χ4n) is 3.63. The van der Waals surface area contributed by atoms with Crippen LogP contribution in [-0.2, 0) is 6.42 Å². The van der Waals surface area contributed by atoms with Crippen LogP contribution in [0.2, 0.25) is 0 Å². The molecule has 1 aliphatic carbocycles. The molecule has 0 fully saturated rings. The smallest absolute Gasteiger partial charge is 0.261 e. The number of aryl methyl sites for hydroxylation is 2. The largest absolute Gasteiger partial charge is 0.344 e. The van der Waals surface area contributed by atoms with Crippen LogP contribution < -0.4 is 5.32 Å². The van der Waals surface area contributed by atoms with E-state index in [9.17, 15) is 4.79 Å². The molecule has 0 saturated heterocycles. The zero-order valence-electron chi connectivity index (χ0n) is 16.5. The number of nitrogens with zero attached hydrogens (tertiary/aromatic N) is 4. The first kappa shape index (κ1) is 18.7. The second-order valence-corrected chi connectivity index (χ2v) is 9.36. The number of thiophene rings is 1. The third-order valence-corrected chi connectivity index (χ3v) is 6.32. The molecule has 1 atom stereocenters. The maximum absolute atomic E-state index is 12.8. The highest BCUT2D eigenvalue weighted by Crippen LogP contribution is 2.40. The molecule has 1 aliphatic rings. The van der Waals surface area contributed by atoms with Crippen molar-refractivity contribution in [1.29, 1.82) is 0 Å². The van der Waals surface area contributed by atoms with Gasteiger partial charge in [0.25, 0.3) is 5.91 Å². The summed E-state index contributed by atoms with van der Waals surface area (Å²) in [7, 11) is 0. The van der Waals surface area contributed by atoms with Crippen LogP contribution in [-0.4, -0.2) is 25.8 Å². The number of hydrogen-bond donors (Lipinski definition) is 1. The fourth-order valence-corrected chi connectivity index (χ4v) is 4.57. The Morgan fingerprint density at radius 2 is 2.04 bits per heavy atom. The summed E-state index contributed by atoms with van der Waals surface area (Å²) in [4.78, 5) is 32.4. The Kier molecular flexibility index (Phi) is 4.71. The zero-order chi connectivity index (χ0) is 19.9. The van der Waals surface area contributed by atoms with Gasteiger partial charge in [0, 0.05) is 29.0 Å². The molecule has 7 heteroatoms. The summed E-state index contributed by atoms with van der Waals surface area (Å²) in [5.41, 5.74) is 3.79. The molecule has 0 aliphatic heterocycles. The third-order valence-electron chi connectivity index (χ3n) is 5.17. The number of hydrogen-bond acceptors (Lipinski definition) is 6. The lowest BCUT2D eigenvalue weighted by atomic mass is 9.74. The molecule has 1 unspecified atom stereocenters. The maximum atomic E-state index is 12.8. The van der Waals surface area contributed by atoms with E-state index in [1.165, 1.54) is 16.2 Å². The Bertz CT molecular complexity index is 1010. The van der Waals surface area contributed by atoms with Crippen LogP contribution in [0, 0.1) is 19.3 Å². The molecule has 3 heterocycles. The molecule has 3 aromatic rings. The van der Waals surface area contributed by atoms with Crippen molar-refractivity contribution >= 4 is 17.2 Å². The van der Waals surface area contributed by atoms with E-state index in [1.54, 1.807) is 18.6 Å². The van der Waals surface area contributed by atoms with Gasteiger partial charge in [-0.25, -0.2) is 15.0 Å². The summed E-state index contributed by atoms with van der Waals surface area (Å²) in [6, 6.07) is 1.85. The Morgan fingerprint density at radius 1 is 1.21 bits per heavy atom. The van der Waals surface area contributed by atoms with Crippen LogP contribution in [0.15, 0.2) is 30.9 Å². The SMILES string of the molecule is Cc1cc(C(=O)NC2CC(C)(C)Cc3nc(-c4cnccn4)ncc32)sc1C. The summed E-state index contributed by atoms with van der Waals surface area (Å²) in [5, 5.41) is 3.21. The number of rotatable bonds is 3. The minimum absolute atomic E-state index is 0.0280. The summed E-state index contributed by atoms with van der Waals surface area (Å²) in [6.45, 7) is 8.48. The van der Waals surface area contributed by atoms with E-state index in [0.717, 1.165) is 34.5 Å². The quantitative estimate of drug-likeness (QED) is 0.726.